The van der Waals surface area contributed by atoms with Crippen LogP contribution in [0.3, 0.4) is 0 Å². The molecule has 1 N–H and O–H groups in total. The van der Waals surface area contributed by atoms with Crippen LogP contribution in [0.1, 0.15) is 38.8 Å². The molecule has 1 unspecified atom stereocenters. The standard InChI is InChI=1S/C14H19F2N/c1-4-5-17-14(6-10(2)3)11-7-12(15)9-13(16)8-11/h6-9,14,17H,4-5H2,1-3H3. The summed E-state index contributed by atoms with van der Waals surface area (Å²) in [6.45, 7) is 6.80. The summed E-state index contributed by atoms with van der Waals surface area (Å²) >= 11 is 0. The minimum Gasteiger partial charge on any atom is -0.307 e. The van der Waals surface area contributed by atoms with Crippen molar-refractivity contribution in [1.82, 2.24) is 5.32 Å². The molecule has 0 radical (unpaired) electrons. The van der Waals surface area contributed by atoms with Crippen LogP contribution in [0.4, 0.5) is 8.78 Å². The van der Waals surface area contributed by atoms with E-state index >= 15 is 0 Å². The number of hydrogen-bond donors (Lipinski definition) is 1. The van der Waals surface area contributed by atoms with Gasteiger partial charge in [-0.05, 0) is 44.5 Å². The van der Waals surface area contributed by atoms with Gasteiger partial charge in [0, 0.05) is 6.07 Å². The van der Waals surface area contributed by atoms with Crippen LogP contribution < -0.4 is 5.32 Å². The first-order chi connectivity index (χ1) is 8.02. The zero-order chi connectivity index (χ0) is 12.8. The second kappa shape index (κ2) is 6.50. The highest BCUT2D eigenvalue weighted by Crippen LogP contribution is 2.19. The third-order valence-electron chi connectivity index (χ3n) is 2.36. The molecule has 1 aromatic carbocycles. The predicted octanol–water partition coefficient (Wildman–Crippen LogP) is 3.97. The van der Waals surface area contributed by atoms with Gasteiger partial charge in [-0.2, -0.15) is 0 Å². The van der Waals surface area contributed by atoms with Crippen molar-refractivity contribution in [2.24, 2.45) is 0 Å². The largest absolute Gasteiger partial charge is 0.307 e. The maximum atomic E-state index is 13.2. The topological polar surface area (TPSA) is 12.0 Å². The van der Waals surface area contributed by atoms with E-state index in [2.05, 4.69) is 12.2 Å². The van der Waals surface area contributed by atoms with Crippen LogP contribution >= 0.6 is 0 Å². The van der Waals surface area contributed by atoms with Crippen LogP contribution in [0.25, 0.3) is 0 Å². The number of allylic oxidation sites excluding steroid dienone is 1. The average molecular weight is 239 g/mol. The molecule has 0 spiro atoms. The fraction of sp³-hybridized carbons (Fsp3) is 0.429. The molecule has 0 amide bonds. The summed E-state index contributed by atoms with van der Waals surface area (Å²) in [7, 11) is 0. The molecule has 1 nitrogen and oxygen atoms in total. The average Bonchev–Trinajstić information content (AvgIpc) is 2.22. The molecule has 1 rings (SSSR count). The van der Waals surface area contributed by atoms with E-state index in [1.54, 1.807) is 0 Å². The molecular weight excluding hydrogens is 220 g/mol. The van der Waals surface area contributed by atoms with E-state index in [0.29, 0.717) is 5.56 Å². The van der Waals surface area contributed by atoms with Crippen molar-refractivity contribution in [3.05, 3.63) is 47.0 Å². The van der Waals surface area contributed by atoms with Crippen molar-refractivity contribution in [3.8, 4) is 0 Å². The van der Waals surface area contributed by atoms with Gasteiger partial charge < -0.3 is 5.32 Å². The van der Waals surface area contributed by atoms with Gasteiger partial charge in [0.1, 0.15) is 11.6 Å². The lowest BCUT2D eigenvalue weighted by Gasteiger charge is -2.16. The Labute approximate surface area is 102 Å². The second-order valence-corrected chi connectivity index (χ2v) is 4.38. The van der Waals surface area contributed by atoms with Crippen LogP contribution in [0.15, 0.2) is 29.8 Å². The molecule has 94 valence electrons. The number of rotatable bonds is 5. The van der Waals surface area contributed by atoms with Gasteiger partial charge in [0.2, 0.25) is 0 Å². The molecule has 0 heterocycles. The van der Waals surface area contributed by atoms with E-state index in [0.717, 1.165) is 24.6 Å². The molecule has 0 fully saturated rings. The van der Waals surface area contributed by atoms with Crippen LogP contribution in [-0.4, -0.2) is 6.54 Å². The Morgan fingerprint density at radius 2 is 1.82 bits per heavy atom. The molecule has 0 aliphatic carbocycles. The first kappa shape index (κ1) is 13.8. The van der Waals surface area contributed by atoms with Crippen LogP contribution in [0.2, 0.25) is 0 Å². The highest BCUT2D eigenvalue weighted by molar-refractivity contribution is 5.26. The van der Waals surface area contributed by atoms with E-state index in [9.17, 15) is 8.78 Å². The smallest absolute Gasteiger partial charge is 0.126 e. The number of benzene rings is 1. The van der Waals surface area contributed by atoms with Gasteiger partial charge in [-0.3, -0.25) is 0 Å². The highest BCUT2D eigenvalue weighted by atomic mass is 19.1. The third-order valence-corrected chi connectivity index (χ3v) is 2.36. The van der Waals surface area contributed by atoms with Crippen molar-refractivity contribution in [2.75, 3.05) is 6.54 Å². The van der Waals surface area contributed by atoms with Gasteiger partial charge >= 0.3 is 0 Å². The maximum absolute atomic E-state index is 13.2. The fourth-order valence-electron chi connectivity index (χ4n) is 1.66. The third kappa shape index (κ3) is 4.65. The summed E-state index contributed by atoms with van der Waals surface area (Å²) in [4.78, 5) is 0. The minimum absolute atomic E-state index is 0.134. The van der Waals surface area contributed by atoms with Gasteiger partial charge in [0.15, 0.2) is 0 Å². The molecule has 1 aromatic rings. The van der Waals surface area contributed by atoms with E-state index < -0.39 is 11.6 Å². The SMILES string of the molecule is CCCNC(C=C(C)C)c1cc(F)cc(F)c1. The van der Waals surface area contributed by atoms with Gasteiger partial charge in [0.05, 0.1) is 6.04 Å². The monoisotopic (exact) mass is 239 g/mol. The molecule has 0 aromatic heterocycles. The van der Waals surface area contributed by atoms with Crippen molar-refractivity contribution in [2.45, 2.75) is 33.2 Å². The van der Waals surface area contributed by atoms with Crippen molar-refractivity contribution in [3.63, 3.8) is 0 Å². The van der Waals surface area contributed by atoms with Gasteiger partial charge in [0.25, 0.3) is 0 Å². The van der Waals surface area contributed by atoms with Crippen molar-refractivity contribution >= 4 is 0 Å². The Kier molecular flexibility index (Phi) is 5.29. The van der Waals surface area contributed by atoms with E-state index in [4.69, 9.17) is 0 Å². The fourth-order valence-corrected chi connectivity index (χ4v) is 1.66. The molecule has 0 saturated carbocycles. The molecule has 3 heteroatoms. The Morgan fingerprint density at radius 1 is 1.24 bits per heavy atom. The summed E-state index contributed by atoms with van der Waals surface area (Å²) in [5, 5.41) is 3.26. The van der Waals surface area contributed by atoms with Gasteiger partial charge in [-0.25, -0.2) is 8.78 Å². The molecule has 17 heavy (non-hydrogen) atoms. The number of halogens is 2. The lowest BCUT2D eigenvalue weighted by molar-refractivity contribution is 0.562. The zero-order valence-corrected chi connectivity index (χ0v) is 10.6. The number of hydrogen-bond acceptors (Lipinski definition) is 1. The second-order valence-electron chi connectivity index (χ2n) is 4.38. The van der Waals surface area contributed by atoms with E-state index in [1.807, 2.05) is 19.9 Å². The van der Waals surface area contributed by atoms with Gasteiger partial charge in [-0.1, -0.05) is 18.6 Å². The van der Waals surface area contributed by atoms with Crippen LogP contribution in [0.5, 0.6) is 0 Å². The van der Waals surface area contributed by atoms with E-state index in [1.165, 1.54) is 12.1 Å². The maximum Gasteiger partial charge on any atom is 0.126 e. The van der Waals surface area contributed by atoms with Crippen molar-refractivity contribution < 1.29 is 8.78 Å². The Morgan fingerprint density at radius 3 is 2.29 bits per heavy atom. The predicted molar refractivity (Wildman–Crippen MR) is 66.8 cm³/mol. The Bertz CT molecular complexity index is 375. The molecule has 0 aliphatic rings. The Balaban J connectivity index is 2.99. The Hall–Kier alpha value is -1.22. The quantitative estimate of drug-likeness (QED) is 0.766. The first-order valence-corrected chi connectivity index (χ1v) is 5.87. The molecule has 0 aliphatic heterocycles. The summed E-state index contributed by atoms with van der Waals surface area (Å²) in [6, 6.07) is 3.50. The van der Waals surface area contributed by atoms with Crippen molar-refractivity contribution in [1.29, 1.82) is 0 Å². The molecule has 1 atom stereocenters. The van der Waals surface area contributed by atoms with Crippen LogP contribution in [0, 0.1) is 11.6 Å². The summed E-state index contributed by atoms with van der Waals surface area (Å²) in [6.07, 6.45) is 2.95. The summed E-state index contributed by atoms with van der Waals surface area (Å²) in [5.74, 6) is -1.07. The number of nitrogens with one attached hydrogen (secondary N) is 1. The van der Waals surface area contributed by atoms with E-state index in [-0.39, 0.29) is 6.04 Å². The molecular formula is C14H19F2N. The normalized spacial score (nSPS) is 12.3. The van der Waals surface area contributed by atoms with Crippen LogP contribution in [-0.2, 0) is 0 Å². The molecule has 0 bridgehead atoms. The minimum atomic E-state index is -0.537. The lowest BCUT2D eigenvalue weighted by Crippen LogP contribution is -2.21. The first-order valence-electron chi connectivity index (χ1n) is 5.87. The zero-order valence-electron chi connectivity index (χ0n) is 10.6. The molecule has 0 saturated heterocycles. The lowest BCUT2D eigenvalue weighted by atomic mass is 10.0. The summed E-state index contributed by atoms with van der Waals surface area (Å²) < 4.78 is 26.3. The summed E-state index contributed by atoms with van der Waals surface area (Å²) in [5.41, 5.74) is 1.74. The highest BCUT2D eigenvalue weighted by Gasteiger charge is 2.10. The van der Waals surface area contributed by atoms with Gasteiger partial charge in [-0.15, -0.1) is 0 Å².